The van der Waals surface area contributed by atoms with Gasteiger partial charge in [-0.15, -0.1) is 0 Å². The number of hydrogen-bond donors (Lipinski definition) is 3. The summed E-state index contributed by atoms with van der Waals surface area (Å²) < 4.78 is 13.3. The number of carbonyl (C=O) groups is 1. The summed E-state index contributed by atoms with van der Waals surface area (Å²) in [5.74, 6) is -0.0564. The van der Waals surface area contributed by atoms with E-state index < -0.39 is 5.82 Å². The number of nitrogens with one attached hydrogen (secondary N) is 3. The maximum atomic E-state index is 13.3. The van der Waals surface area contributed by atoms with E-state index in [-0.39, 0.29) is 18.0 Å². The molecule has 28 heavy (non-hydrogen) atoms. The van der Waals surface area contributed by atoms with Crippen LogP contribution in [0.2, 0.25) is 0 Å². The number of anilines is 1. The van der Waals surface area contributed by atoms with E-state index in [9.17, 15) is 14.0 Å². The number of para-hydroxylation sites is 1. The van der Waals surface area contributed by atoms with Crippen molar-refractivity contribution in [2.24, 2.45) is 0 Å². The molecule has 7 heteroatoms. The molecule has 1 amide bonds. The molecule has 3 rings (SSSR count). The molecular weight excluding hydrogens is 359 g/mol. The number of quaternary nitrogens is 1. The van der Waals surface area contributed by atoms with Crippen LogP contribution in [0.25, 0.3) is 10.9 Å². The minimum absolute atomic E-state index is 0.181. The number of hydrogen-bond acceptors (Lipinski definition) is 3. The molecule has 0 aliphatic carbocycles. The van der Waals surface area contributed by atoms with Gasteiger partial charge in [0, 0.05) is 5.69 Å². The lowest BCUT2D eigenvalue weighted by Crippen LogP contribution is -3.12. The Kier molecular flexibility index (Phi) is 6.49. The Morgan fingerprint density at radius 1 is 1.21 bits per heavy atom. The van der Waals surface area contributed by atoms with Crippen LogP contribution in [0, 0.1) is 5.82 Å². The highest BCUT2D eigenvalue weighted by atomic mass is 19.1. The zero-order valence-electron chi connectivity index (χ0n) is 15.8. The number of rotatable bonds is 8. The summed E-state index contributed by atoms with van der Waals surface area (Å²) in [4.78, 5) is 33.0. The summed E-state index contributed by atoms with van der Waals surface area (Å²) in [5, 5.41) is 3.27. The van der Waals surface area contributed by atoms with Crippen LogP contribution in [0.1, 0.15) is 25.6 Å². The average Bonchev–Trinajstić information content (AvgIpc) is 2.66. The average molecular weight is 383 g/mol. The van der Waals surface area contributed by atoms with Gasteiger partial charge in [-0.25, -0.2) is 9.37 Å². The fourth-order valence-corrected chi connectivity index (χ4v) is 3.12. The Morgan fingerprint density at radius 3 is 2.82 bits per heavy atom. The molecule has 0 spiro atoms. The van der Waals surface area contributed by atoms with E-state index in [1.165, 1.54) is 12.1 Å². The summed E-state index contributed by atoms with van der Waals surface area (Å²) in [6, 6.07) is 13.0. The van der Waals surface area contributed by atoms with Crippen LogP contribution in [-0.2, 0) is 11.3 Å². The number of nitrogens with zero attached hydrogens (tertiary/aromatic N) is 1. The standard InChI is InChI=1S/C21H23FN4O2/c1-2-3-11-26(14-20(27)23-16-8-6-7-15(22)12-16)13-19-24-18-10-5-4-9-17(18)21(28)25-19/h4-10,12H,2-3,11,13-14H2,1H3,(H,23,27)(H,24,25,28)/p+1. The molecule has 1 unspecified atom stereocenters. The van der Waals surface area contributed by atoms with Crippen LogP contribution in [0.5, 0.6) is 0 Å². The molecule has 0 bridgehead atoms. The number of carbonyl (C=O) groups excluding carboxylic acids is 1. The van der Waals surface area contributed by atoms with Crippen LogP contribution in [0.15, 0.2) is 53.3 Å². The normalized spacial score (nSPS) is 12.1. The minimum atomic E-state index is -0.397. The fraction of sp³-hybridized carbons (Fsp3) is 0.286. The van der Waals surface area contributed by atoms with Crippen LogP contribution in [-0.4, -0.2) is 29.0 Å². The quantitative estimate of drug-likeness (QED) is 0.556. The van der Waals surface area contributed by atoms with Gasteiger partial charge in [-0.1, -0.05) is 31.5 Å². The van der Waals surface area contributed by atoms with Crippen molar-refractivity contribution in [2.75, 3.05) is 18.4 Å². The molecule has 146 valence electrons. The third kappa shape index (κ3) is 5.23. The predicted octanol–water partition coefficient (Wildman–Crippen LogP) is 1.89. The highest BCUT2D eigenvalue weighted by Crippen LogP contribution is 2.08. The van der Waals surface area contributed by atoms with Crippen LogP contribution < -0.4 is 15.8 Å². The van der Waals surface area contributed by atoms with Crippen molar-refractivity contribution in [2.45, 2.75) is 26.3 Å². The van der Waals surface area contributed by atoms with E-state index in [1.54, 1.807) is 30.3 Å². The van der Waals surface area contributed by atoms with Gasteiger partial charge >= 0.3 is 0 Å². The first-order chi connectivity index (χ1) is 13.5. The van der Waals surface area contributed by atoms with Crippen LogP contribution in [0.3, 0.4) is 0 Å². The fourth-order valence-electron chi connectivity index (χ4n) is 3.12. The zero-order valence-corrected chi connectivity index (χ0v) is 15.8. The van der Waals surface area contributed by atoms with E-state index in [0.717, 1.165) is 24.3 Å². The van der Waals surface area contributed by atoms with Crippen molar-refractivity contribution in [1.82, 2.24) is 9.97 Å². The second-order valence-electron chi connectivity index (χ2n) is 6.80. The molecular formula is C21H24FN4O2+. The number of benzene rings is 2. The molecule has 2 aromatic carbocycles. The molecule has 0 aliphatic rings. The zero-order chi connectivity index (χ0) is 19.9. The van der Waals surface area contributed by atoms with Crippen LogP contribution in [0.4, 0.5) is 10.1 Å². The van der Waals surface area contributed by atoms with Crippen molar-refractivity contribution >= 4 is 22.5 Å². The van der Waals surface area contributed by atoms with Crippen molar-refractivity contribution in [3.63, 3.8) is 0 Å². The van der Waals surface area contributed by atoms with Gasteiger partial charge in [-0.3, -0.25) is 9.59 Å². The number of unbranched alkanes of at least 4 members (excludes halogenated alkanes) is 1. The van der Waals surface area contributed by atoms with Crippen molar-refractivity contribution in [3.8, 4) is 0 Å². The van der Waals surface area contributed by atoms with Crippen molar-refractivity contribution in [1.29, 1.82) is 0 Å². The Bertz CT molecular complexity index is 1020. The van der Waals surface area contributed by atoms with Gasteiger partial charge in [-0.05, 0) is 36.8 Å². The molecule has 0 fully saturated rings. The highest BCUT2D eigenvalue weighted by Gasteiger charge is 2.17. The predicted molar refractivity (Wildman–Crippen MR) is 107 cm³/mol. The second kappa shape index (κ2) is 9.23. The molecule has 0 aliphatic heterocycles. The number of halogens is 1. The molecule has 6 nitrogen and oxygen atoms in total. The first-order valence-electron chi connectivity index (χ1n) is 9.42. The minimum Gasteiger partial charge on any atom is -0.321 e. The third-order valence-electron chi connectivity index (χ3n) is 4.48. The highest BCUT2D eigenvalue weighted by molar-refractivity contribution is 5.91. The van der Waals surface area contributed by atoms with Gasteiger partial charge in [0.15, 0.2) is 12.4 Å². The van der Waals surface area contributed by atoms with Crippen molar-refractivity contribution in [3.05, 3.63) is 70.5 Å². The maximum Gasteiger partial charge on any atom is 0.279 e. The molecule has 0 saturated heterocycles. The topological polar surface area (TPSA) is 79.3 Å². The number of fused-ring (bicyclic) bond motifs is 1. The molecule has 1 heterocycles. The molecule has 0 radical (unpaired) electrons. The Morgan fingerprint density at radius 2 is 2.04 bits per heavy atom. The molecule has 1 atom stereocenters. The summed E-state index contributed by atoms with van der Waals surface area (Å²) in [5.41, 5.74) is 0.886. The summed E-state index contributed by atoms with van der Waals surface area (Å²) in [7, 11) is 0. The largest absolute Gasteiger partial charge is 0.321 e. The van der Waals surface area contributed by atoms with E-state index in [1.807, 2.05) is 6.07 Å². The number of aromatic nitrogens is 2. The number of amides is 1. The molecule has 1 aromatic heterocycles. The first kappa shape index (κ1) is 19.7. The van der Waals surface area contributed by atoms with Gasteiger partial charge in [0.2, 0.25) is 0 Å². The molecule has 3 N–H and O–H groups in total. The summed E-state index contributed by atoms with van der Waals surface area (Å²) in [6.07, 6.45) is 1.94. The van der Waals surface area contributed by atoms with Gasteiger partial charge < -0.3 is 15.2 Å². The third-order valence-corrected chi connectivity index (χ3v) is 4.48. The Balaban J connectivity index is 1.73. The monoisotopic (exact) mass is 383 g/mol. The van der Waals surface area contributed by atoms with Crippen LogP contribution >= 0.6 is 0 Å². The van der Waals surface area contributed by atoms with Gasteiger partial charge in [0.05, 0.1) is 17.4 Å². The second-order valence-corrected chi connectivity index (χ2v) is 6.80. The van der Waals surface area contributed by atoms with Gasteiger partial charge in [-0.2, -0.15) is 0 Å². The van der Waals surface area contributed by atoms with E-state index in [4.69, 9.17) is 0 Å². The summed E-state index contributed by atoms with van der Waals surface area (Å²) >= 11 is 0. The van der Waals surface area contributed by atoms with E-state index in [2.05, 4.69) is 22.2 Å². The lowest BCUT2D eigenvalue weighted by atomic mass is 10.2. The van der Waals surface area contributed by atoms with Crippen molar-refractivity contribution < 1.29 is 14.1 Å². The summed E-state index contributed by atoms with van der Waals surface area (Å²) in [6.45, 7) is 3.48. The Labute approximate surface area is 162 Å². The van der Waals surface area contributed by atoms with Gasteiger partial charge in [0.1, 0.15) is 12.4 Å². The SMILES string of the molecule is CCCC[NH+](CC(=O)Nc1cccc(F)c1)Cc1nc2ccccc2c(=O)[nH]1. The number of H-pyrrole nitrogens is 1. The molecule has 3 aromatic rings. The van der Waals surface area contributed by atoms with Gasteiger partial charge in [0.25, 0.3) is 11.5 Å². The maximum absolute atomic E-state index is 13.3. The number of aromatic amines is 1. The lowest BCUT2D eigenvalue weighted by molar-refractivity contribution is -0.906. The molecule has 0 saturated carbocycles. The Hall–Kier alpha value is -3.06. The van der Waals surface area contributed by atoms with E-state index in [0.29, 0.717) is 29.0 Å². The lowest BCUT2D eigenvalue weighted by Gasteiger charge is -2.18. The first-order valence-corrected chi connectivity index (χ1v) is 9.42. The van der Waals surface area contributed by atoms with E-state index >= 15 is 0 Å². The smallest absolute Gasteiger partial charge is 0.279 e.